The van der Waals surface area contributed by atoms with Crippen LogP contribution in [-0.2, 0) is 4.74 Å². The van der Waals surface area contributed by atoms with E-state index in [4.69, 9.17) is 4.74 Å². The maximum Gasteiger partial charge on any atom is 0.320 e. The van der Waals surface area contributed by atoms with E-state index >= 15 is 0 Å². The standard InChI is InChI=1S/C11H20N2O2/c1-11(2)9-13(7-8-15-11)10(14)12-5-3-4-6-12/h3-9H2,1-2H3. The molecule has 2 aliphatic rings. The van der Waals surface area contributed by atoms with Gasteiger partial charge in [-0.05, 0) is 26.7 Å². The van der Waals surface area contributed by atoms with Gasteiger partial charge >= 0.3 is 6.03 Å². The molecule has 2 saturated heterocycles. The quantitative estimate of drug-likeness (QED) is 0.606. The van der Waals surface area contributed by atoms with Crippen molar-refractivity contribution in [3.63, 3.8) is 0 Å². The third-order valence-electron chi connectivity index (χ3n) is 3.07. The molecule has 86 valence electrons. The highest BCUT2D eigenvalue weighted by Gasteiger charge is 2.32. The molecular weight excluding hydrogens is 192 g/mol. The minimum Gasteiger partial charge on any atom is -0.372 e. The van der Waals surface area contributed by atoms with Crippen LogP contribution in [0, 0.1) is 0 Å². The summed E-state index contributed by atoms with van der Waals surface area (Å²) >= 11 is 0. The van der Waals surface area contributed by atoms with Crippen molar-refractivity contribution in [2.75, 3.05) is 32.8 Å². The van der Waals surface area contributed by atoms with Crippen molar-refractivity contribution in [3.8, 4) is 0 Å². The second kappa shape index (κ2) is 4.00. The number of morpholine rings is 1. The van der Waals surface area contributed by atoms with Gasteiger partial charge in [0.1, 0.15) is 0 Å². The van der Waals surface area contributed by atoms with E-state index in [2.05, 4.69) is 0 Å². The molecule has 0 spiro atoms. The van der Waals surface area contributed by atoms with Gasteiger partial charge in [0.25, 0.3) is 0 Å². The number of rotatable bonds is 0. The minimum atomic E-state index is -0.187. The summed E-state index contributed by atoms with van der Waals surface area (Å²) in [4.78, 5) is 16.0. The molecule has 0 aromatic rings. The molecule has 0 saturated carbocycles. The van der Waals surface area contributed by atoms with Crippen LogP contribution in [0.25, 0.3) is 0 Å². The molecule has 2 fully saturated rings. The summed E-state index contributed by atoms with van der Waals surface area (Å²) in [5.74, 6) is 0. The number of hydrogen-bond donors (Lipinski definition) is 0. The zero-order valence-corrected chi connectivity index (χ0v) is 9.66. The second-order valence-corrected chi connectivity index (χ2v) is 5.01. The Kier molecular flexibility index (Phi) is 2.87. The van der Waals surface area contributed by atoms with Gasteiger partial charge in [-0.2, -0.15) is 0 Å². The Morgan fingerprint density at radius 1 is 1.13 bits per heavy atom. The Labute approximate surface area is 91.2 Å². The Morgan fingerprint density at radius 2 is 1.80 bits per heavy atom. The molecule has 2 aliphatic heterocycles. The first kappa shape index (κ1) is 10.7. The monoisotopic (exact) mass is 212 g/mol. The van der Waals surface area contributed by atoms with E-state index in [1.165, 1.54) is 0 Å². The van der Waals surface area contributed by atoms with Crippen LogP contribution in [0.15, 0.2) is 0 Å². The predicted octanol–water partition coefficient (Wildman–Crippen LogP) is 1.31. The van der Waals surface area contributed by atoms with E-state index in [0.29, 0.717) is 13.2 Å². The number of carbonyl (C=O) groups is 1. The maximum atomic E-state index is 12.1. The Morgan fingerprint density at radius 3 is 2.40 bits per heavy atom. The van der Waals surface area contributed by atoms with E-state index < -0.39 is 0 Å². The van der Waals surface area contributed by atoms with Crippen molar-refractivity contribution < 1.29 is 9.53 Å². The highest BCUT2D eigenvalue weighted by molar-refractivity contribution is 5.74. The zero-order chi connectivity index (χ0) is 10.9. The van der Waals surface area contributed by atoms with Crippen molar-refractivity contribution in [3.05, 3.63) is 0 Å². The van der Waals surface area contributed by atoms with Gasteiger partial charge < -0.3 is 14.5 Å². The first-order chi connectivity index (χ1) is 7.08. The van der Waals surface area contributed by atoms with E-state index in [-0.39, 0.29) is 11.6 Å². The molecular formula is C11H20N2O2. The van der Waals surface area contributed by atoms with Crippen LogP contribution in [0.2, 0.25) is 0 Å². The molecule has 4 heteroatoms. The fraction of sp³-hybridized carbons (Fsp3) is 0.909. The number of amides is 2. The summed E-state index contributed by atoms with van der Waals surface area (Å²) in [6.07, 6.45) is 2.30. The molecule has 15 heavy (non-hydrogen) atoms. The first-order valence-electron chi connectivity index (χ1n) is 5.76. The summed E-state index contributed by atoms with van der Waals surface area (Å²) < 4.78 is 5.60. The molecule has 0 N–H and O–H groups in total. The molecule has 2 rings (SSSR count). The van der Waals surface area contributed by atoms with Gasteiger partial charge in [0.15, 0.2) is 0 Å². The highest BCUT2D eigenvalue weighted by Crippen LogP contribution is 2.19. The van der Waals surface area contributed by atoms with Gasteiger partial charge in [0.05, 0.1) is 18.8 Å². The smallest absolute Gasteiger partial charge is 0.320 e. The van der Waals surface area contributed by atoms with Gasteiger partial charge in [0, 0.05) is 19.6 Å². The van der Waals surface area contributed by atoms with Crippen LogP contribution >= 0.6 is 0 Å². The van der Waals surface area contributed by atoms with Crippen LogP contribution in [0.4, 0.5) is 4.79 Å². The SMILES string of the molecule is CC1(C)CN(C(=O)N2CCCC2)CCO1. The van der Waals surface area contributed by atoms with Crippen molar-refractivity contribution in [2.24, 2.45) is 0 Å². The fourth-order valence-corrected chi connectivity index (χ4v) is 2.29. The van der Waals surface area contributed by atoms with Crippen LogP contribution < -0.4 is 0 Å². The zero-order valence-electron chi connectivity index (χ0n) is 9.66. The summed E-state index contributed by atoms with van der Waals surface area (Å²) in [5, 5.41) is 0. The maximum absolute atomic E-state index is 12.1. The van der Waals surface area contributed by atoms with Crippen LogP contribution in [0.5, 0.6) is 0 Å². The van der Waals surface area contributed by atoms with E-state index in [0.717, 1.165) is 32.5 Å². The van der Waals surface area contributed by atoms with Gasteiger partial charge in [-0.15, -0.1) is 0 Å². The summed E-state index contributed by atoms with van der Waals surface area (Å²) in [6.45, 7) is 8.04. The van der Waals surface area contributed by atoms with E-state index in [1.54, 1.807) is 0 Å². The fourth-order valence-electron chi connectivity index (χ4n) is 2.29. The number of nitrogens with zero attached hydrogens (tertiary/aromatic N) is 2. The number of urea groups is 1. The normalized spacial score (nSPS) is 25.7. The number of hydrogen-bond acceptors (Lipinski definition) is 2. The minimum absolute atomic E-state index is 0.187. The molecule has 0 bridgehead atoms. The summed E-state index contributed by atoms with van der Waals surface area (Å²) in [5.41, 5.74) is -0.187. The van der Waals surface area contributed by atoms with Crippen molar-refractivity contribution in [1.29, 1.82) is 0 Å². The van der Waals surface area contributed by atoms with Gasteiger partial charge in [-0.3, -0.25) is 0 Å². The number of ether oxygens (including phenoxy) is 1. The molecule has 0 atom stereocenters. The summed E-state index contributed by atoms with van der Waals surface area (Å²) in [6, 6.07) is 0.198. The molecule has 2 heterocycles. The lowest BCUT2D eigenvalue weighted by Crippen LogP contribution is -2.53. The Balaban J connectivity index is 1.94. The highest BCUT2D eigenvalue weighted by atomic mass is 16.5. The molecule has 0 radical (unpaired) electrons. The summed E-state index contributed by atoms with van der Waals surface area (Å²) in [7, 11) is 0. The van der Waals surface area contributed by atoms with Crippen LogP contribution in [-0.4, -0.2) is 54.2 Å². The van der Waals surface area contributed by atoms with E-state index in [1.807, 2.05) is 23.6 Å². The predicted molar refractivity (Wildman–Crippen MR) is 57.8 cm³/mol. The average Bonchev–Trinajstić information content (AvgIpc) is 2.67. The molecule has 0 aromatic carbocycles. The molecule has 0 aromatic heterocycles. The lowest BCUT2D eigenvalue weighted by molar-refractivity contribution is -0.0760. The second-order valence-electron chi connectivity index (χ2n) is 5.01. The van der Waals surface area contributed by atoms with Gasteiger partial charge in [-0.1, -0.05) is 0 Å². The topological polar surface area (TPSA) is 32.8 Å². The van der Waals surface area contributed by atoms with Gasteiger partial charge in [0.2, 0.25) is 0 Å². The Bertz CT molecular complexity index is 247. The van der Waals surface area contributed by atoms with Crippen LogP contribution in [0.1, 0.15) is 26.7 Å². The molecule has 0 aliphatic carbocycles. The van der Waals surface area contributed by atoms with Crippen LogP contribution in [0.3, 0.4) is 0 Å². The average molecular weight is 212 g/mol. The Hall–Kier alpha value is -0.770. The molecule has 2 amide bonds. The van der Waals surface area contributed by atoms with Gasteiger partial charge in [-0.25, -0.2) is 4.79 Å². The van der Waals surface area contributed by atoms with Crippen molar-refractivity contribution in [2.45, 2.75) is 32.3 Å². The molecule has 0 unspecified atom stereocenters. The lowest BCUT2D eigenvalue weighted by atomic mass is 10.1. The lowest BCUT2D eigenvalue weighted by Gasteiger charge is -2.39. The largest absolute Gasteiger partial charge is 0.372 e. The van der Waals surface area contributed by atoms with Crippen molar-refractivity contribution >= 4 is 6.03 Å². The number of likely N-dealkylation sites (tertiary alicyclic amines) is 1. The van der Waals surface area contributed by atoms with E-state index in [9.17, 15) is 4.79 Å². The third-order valence-corrected chi connectivity index (χ3v) is 3.07. The first-order valence-corrected chi connectivity index (χ1v) is 5.76. The third kappa shape index (κ3) is 2.43. The molecule has 4 nitrogen and oxygen atoms in total. The number of carbonyl (C=O) groups excluding carboxylic acids is 1. The van der Waals surface area contributed by atoms with Crippen molar-refractivity contribution in [1.82, 2.24) is 9.80 Å².